The van der Waals surface area contributed by atoms with Crippen molar-refractivity contribution >= 4 is 38.2 Å². The van der Waals surface area contributed by atoms with Crippen molar-refractivity contribution in [3.8, 4) is 5.75 Å². The molecule has 0 fully saturated rings. The van der Waals surface area contributed by atoms with Crippen LogP contribution in [0.5, 0.6) is 5.75 Å². The summed E-state index contributed by atoms with van der Waals surface area (Å²) < 4.78 is 25.3. The number of para-hydroxylation sites is 1. The van der Waals surface area contributed by atoms with Gasteiger partial charge < -0.3 is 10.4 Å². The number of phenols is 1. The van der Waals surface area contributed by atoms with E-state index < -0.39 is 10.0 Å². The van der Waals surface area contributed by atoms with Crippen LogP contribution in [0.2, 0.25) is 0 Å². The number of pyridine rings is 1. The Hall–Kier alpha value is -3.13. The average Bonchev–Trinajstić information content (AvgIpc) is 2.59. The molecule has 8 heteroatoms. The molecule has 0 saturated heterocycles. The molecule has 3 aromatic rings. The second kappa shape index (κ2) is 6.24. The summed E-state index contributed by atoms with van der Waals surface area (Å²) in [5, 5.41) is 13.7. The molecule has 2 heterocycles. The Labute approximate surface area is 156 Å². The average molecular weight is 383 g/mol. The number of aromatic hydroxyl groups is 1. The summed E-state index contributed by atoms with van der Waals surface area (Å²) in [6, 6.07) is 13.9. The van der Waals surface area contributed by atoms with E-state index in [1.165, 1.54) is 0 Å². The second-order valence-corrected chi connectivity index (χ2v) is 8.31. The Bertz CT molecular complexity index is 1170. The number of fused-ring (bicyclic) bond motifs is 2. The van der Waals surface area contributed by atoms with Crippen molar-refractivity contribution in [3.63, 3.8) is 0 Å². The fourth-order valence-corrected chi connectivity index (χ4v) is 3.90. The predicted octanol–water partition coefficient (Wildman–Crippen LogP) is 2.79. The maximum Gasteiger partial charge on any atom is 0.229 e. The van der Waals surface area contributed by atoms with Crippen LogP contribution in [-0.2, 0) is 14.8 Å². The number of aromatic nitrogens is 1. The summed E-state index contributed by atoms with van der Waals surface area (Å²) in [4.78, 5) is 16.8. The lowest BCUT2D eigenvalue weighted by Gasteiger charge is -2.26. The molecular weight excluding hydrogens is 366 g/mol. The Morgan fingerprint density at radius 2 is 2.00 bits per heavy atom. The largest absolute Gasteiger partial charge is 0.506 e. The molecule has 1 aliphatic heterocycles. The number of hydrogen-bond acceptors (Lipinski definition) is 5. The van der Waals surface area contributed by atoms with E-state index in [1.54, 1.807) is 30.3 Å². The number of sulfonamides is 1. The Morgan fingerprint density at radius 1 is 1.19 bits per heavy atom. The predicted molar refractivity (Wildman–Crippen MR) is 103 cm³/mol. The van der Waals surface area contributed by atoms with Crippen LogP contribution in [0.25, 0.3) is 10.9 Å². The van der Waals surface area contributed by atoms with Crippen LogP contribution in [-0.4, -0.2) is 30.7 Å². The fourth-order valence-electron chi connectivity index (χ4n) is 3.35. The Kier molecular flexibility index (Phi) is 4.00. The first-order chi connectivity index (χ1) is 12.8. The minimum atomic E-state index is -3.41. The zero-order chi connectivity index (χ0) is 19.2. The molecule has 1 atom stereocenters. The third-order valence-corrected chi connectivity index (χ3v) is 5.08. The number of rotatable bonds is 3. The number of carbonyl (C=O) groups is 1. The van der Waals surface area contributed by atoms with Gasteiger partial charge in [0.25, 0.3) is 0 Å². The zero-order valence-electron chi connectivity index (χ0n) is 14.4. The lowest BCUT2D eigenvalue weighted by molar-refractivity contribution is -0.116. The van der Waals surface area contributed by atoms with E-state index in [1.807, 2.05) is 18.2 Å². The highest BCUT2D eigenvalue weighted by atomic mass is 32.2. The van der Waals surface area contributed by atoms with Gasteiger partial charge in [-0.15, -0.1) is 0 Å². The molecule has 0 aliphatic carbocycles. The van der Waals surface area contributed by atoms with Crippen LogP contribution < -0.4 is 10.0 Å². The molecular formula is C19H17N3O4S. The summed E-state index contributed by atoms with van der Waals surface area (Å²) in [5.74, 6) is -0.379. The quantitative estimate of drug-likeness (QED) is 0.644. The minimum absolute atomic E-state index is 0.0857. The maximum absolute atomic E-state index is 12.2. The molecule has 0 saturated carbocycles. The number of benzene rings is 2. The third kappa shape index (κ3) is 3.43. The summed E-state index contributed by atoms with van der Waals surface area (Å²) in [6.45, 7) is 0. The lowest BCUT2D eigenvalue weighted by Crippen LogP contribution is -2.24. The van der Waals surface area contributed by atoms with E-state index in [9.17, 15) is 18.3 Å². The number of amides is 1. The van der Waals surface area contributed by atoms with Gasteiger partial charge in [0.2, 0.25) is 15.9 Å². The van der Waals surface area contributed by atoms with Gasteiger partial charge in [0.15, 0.2) is 0 Å². The van der Waals surface area contributed by atoms with E-state index in [2.05, 4.69) is 15.0 Å². The van der Waals surface area contributed by atoms with Gasteiger partial charge in [-0.2, -0.15) is 0 Å². The van der Waals surface area contributed by atoms with Crippen molar-refractivity contribution in [2.24, 2.45) is 0 Å². The summed E-state index contributed by atoms with van der Waals surface area (Å²) >= 11 is 0. The van der Waals surface area contributed by atoms with Crippen LogP contribution in [0.15, 0.2) is 48.5 Å². The smallest absolute Gasteiger partial charge is 0.229 e. The second-order valence-electron chi connectivity index (χ2n) is 6.57. The van der Waals surface area contributed by atoms with Crippen LogP contribution in [0.4, 0.5) is 11.4 Å². The van der Waals surface area contributed by atoms with Gasteiger partial charge in [-0.3, -0.25) is 9.52 Å². The van der Waals surface area contributed by atoms with Gasteiger partial charge in [0.05, 0.1) is 11.9 Å². The van der Waals surface area contributed by atoms with Crippen molar-refractivity contribution < 1.29 is 18.3 Å². The third-order valence-electron chi connectivity index (χ3n) is 4.47. The summed E-state index contributed by atoms with van der Waals surface area (Å²) in [7, 11) is -3.41. The van der Waals surface area contributed by atoms with Gasteiger partial charge in [-0.25, -0.2) is 13.4 Å². The maximum atomic E-state index is 12.2. The molecule has 0 radical (unpaired) electrons. The highest BCUT2D eigenvalue weighted by Gasteiger charge is 2.28. The van der Waals surface area contributed by atoms with E-state index in [4.69, 9.17) is 0 Å². The molecule has 0 spiro atoms. The normalized spacial score (nSPS) is 16.6. The molecule has 2 aromatic carbocycles. The molecule has 0 bridgehead atoms. The van der Waals surface area contributed by atoms with Crippen molar-refractivity contribution in [1.82, 2.24) is 4.98 Å². The van der Waals surface area contributed by atoms with Crippen LogP contribution in [0.3, 0.4) is 0 Å². The van der Waals surface area contributed by atoms with Crippen molar-refractivity contribution in [2.75, 3.05) is 16.3 Å². The van der Waals surface area contributed by atoms with Gasteiger partial charge in [0.1, 0.15) is 11.3 Å². The Balaban J connectivity index is 1.79. The zero-order valence-corrected chi connectivity index (χ0v) is 15.2. The van der Waals surface area contributed by atoms with E-state index in [0.29, 0.717) is 22.6 Å². The number of nitrogens with zero attached hydrogens (tertiary/aromatic N) is 1. The van der Waals surface area contributed by atoms with Crippen LogP contribution >= 0.6 is 0 Å². The van der Waals surface area contributed by atoms with E-state index in [0.717, 1.165) is 17.2 Å². The van der Waals surface area contributed by atoms with Crippen LogP contribution in [0.1, 0.15) is 23.6 Å². The van der Waals surface area contributed by atoms with Crippen LogP contribution in [0, 0.1) is 0 Å². The molecule has 1 aromatic heterocycles. The van der Waals surface area contributed by atoms with Gasteiger partial charge in [-0.1, -0.05) is 24.3 Å². The molecule has 1 aliphatic rings. The topological polar surface area (TPSA) is 108 Å². The first-order valence-electron chi connectivity index (χ1n) is 8.30. The van der Waals surface area contributed by atoms with Crippen molar-refractivity contribution in [1.29, 1.82) is 0 Å². The summed E-state index contributed by atoms with van der Waals surface area (Å²) in [5.41, 5.74) is 2.92. The van der Waals surface area contributed by atoms with Gasteiger partial charge in [-0.05, 0) is 29.8 Å². The SMILES string of the molecule is CS(=O)(=O)Nc1ccc2c(c1)NC(=O)CC2c1ccc2cccc(O)c2n1. The van der Waals surface area contributed by atoms with E-state index >= 15 is 0 Å². The lowest BCUT2D eigenvalue weighted by atomic mass is 9.87. The molecule has 138 valence electrons. The number of carbonyl (C=O) groups excluding carboxylic acids is 1. The van der Waals surface area contributed by atoms with Gasteiger partial charge in [0, 0.05) is 29.1 Å². The summed E-state index contributed by atoms with van der Waals surface area (Å²) in [6.07, 6.45) is 1.29. The molecule has 7 nitrogen and oxygen atoms in total. The fraction of sp³-hybridized carbons (Fsp3) is 0.158. The first kappa shape index (κ1) is 17.3. The van der Waals surface area contributed by atoms with E-state index in [-0.39, 0.29) is 24.0 Å². The number of anilines is 2. The monoisotopic (exact) mass is 383 g/mol. The number of hydrogen-bond donors (Lipinski definition) is 3. The molecule has 1 amide bonds. The minimum Gasteiger partial charge on any atom is -0.506 e. The Morgan fingerprint density at radius 3 is 2.78 bits per heavy atom. The molecule has 1 unspecified atom stereocenters. The molecule has 4 rings (SSSR count). The van der Waals surface area contributed by atoms with Gasteiger partial charge >= 0.3 is 0 Å². The number of nitrogens with one attached hydrogen (secondary N) is 2. The molecule has 27 heavy (non-hydrogen) atoms. The van der Waals surface area contributed by atoms with Crippen molar-refractivity contribution in [3.05, 3.63) is 59.8 Å². The first-order valence-corrected chi connectivity index (χ1v) is 10.2. The molecule has 3 N–H and O–H groups in total. The number of phenolic OH excluding ortho intramolecular Hbond substituents is 1. The highest BCUT2D eigenvalue weighted by Crippen LogP contribution is 2.38. The standard InChI is InChI=1S/C19H17N3O4S/c1-27(25,26)22-12-6-7-13-14(10-18(24)20-16(13)9-12)15-8-5-11-3-2-4-17(23)19(11)21-15/h2-9,14,22-23H,10H2,1H3,(H,20,24). The highest BCUT2D eigenvalue weighted by molar-refractivity contribution is 7.92. The van der Waals surface area contributed by atoms with Crippen molar-refractivity contribution in [2.45, 2.75) is 12.3 Å².